The van der Waals surface area contributed by atoms with Crippen LogP contribution in [-0.4, -0.2) is 45.1 Å². The van der Waals surface area contributed by atoms with E-state index < -0.39 is 22.0 Å². The van der Waals surface area contributed by atoms with E-state index in [2.05, 4.69) is 9.71 Å². The Hall–Kier alpha value is -1.93. The van der Waals surface area contributed by atoms with Gasteiger partial charge in [0.1, 0.15) is 5.84 Å². The quantitative estimate of drug-likeness (QED) is 0.798. The number of methoxy groups -OCH3 is 1. The van der Waals surface area contributed by atoms with E-state index in [1.807, 2.05) is 0 Å². The highest BCUT2D eigenvalue weighted by Gasteiger charge is 2.31. The molecular weight excluding hydrogens is 272 g/mol. The second kappa shape index (κ2) is 4.98. The zero-order chi connectivity index (χ0) is 14.0. The van der Waals surface area contributed by atoms with Crippen molar-refractivity contribution >= 4 is 21.8 Å². The average Bonchev–Trinajstić information content (AvgIpc) is 2.61. The van der Waals surface area contributed by atoms with E-state index in [0.717, 1.165) is 0 Å². The lowest BCUT2D eigenvalue weighted by Crippen LogP contribution is -2.29. The van der Waals surface area contributed by atoms with Crippen LogP contribution in [0.1, 0.15) is 5.56 Å². The zero-order valence-electron chi connectivity index (χ0n) is 10.0. The maximum absolute atomic E-state index is 11.8. The van der Waals surface area contributed by atoms with Gasteiger partial charge in [-0.25, -0.2) is 18.2 Å². The number of rotatable bonds is 4. The van der Waals surface area contributed by atoms with Crippen molar-refractivity contribution in [3.63, 3.8) is 0 Å². The number of fused-ring (bicyclic) bond motifs is 1. The van der Waals surface area contributed by atoms with E-state index in [1.54, 1.807) is 18.2 Å². The van der Waals surface area contributed by atoms with Crippen molar-refractivity contribution in [2.24, 2.45) is 4.99 Å². The molecule has 1 aromatic rings. The van der Waals surface area contributed by atoms with Crippen molar-refractivity contribution in [1.82, 2.24) is 4.72 Å². The summed E-state index contributed by atoms with van der Waals surface area (Å²) in [5.74, 6) is -1.15. The van der Waals surface area contributed by atoms with Gasteiger partial charge in [-0.05, 0) is 12.1 Å². The number of sulfonamides is 1. The van der Waals surface area contributed by atoms with Crippen LogP contribution in [0.4, 0.5) is 0 Å². The third-order valence-electron chi connectivity index (χ3n) is 2.56. The zero-order valence-corrected chi connectivity index (χ0v) is 10.8. The third kappa shape index (κ3) is 2.59. The Bertz CT molecular complexity index is 638. The Morgan fingerprint density at radius 2 is 2.16 bits per heavy atom. The normalized spacial score (nSPS) is 19.7. The van der Waals surface area contributed by atoms with Crippen LogP contribution in [0.25, 0.3) is 0 Å². The summed E-state index contributed by atoms with van der Waals surface area (Å²) in [4.78, 5) is 15.0. The maximum atomic E-state index is 11.8. The van der Waals surface area contributed by atoms with Crippen molar-refractivity contribution < 1.29 is 23.1 Å². The number of aliphatic imine (C=N–C) groups is 1. The molecular formula is C11H12N2O5S. The fraction of sp³-hybridized carbons (Fsp3) is 0.273. The number of ether oxygens (including phenoxy) is 1. The lowest BCUT2D eigenvalue weighted by Gasteiger charge is -2.07. The molecule has 1 aliphatic rings. The van der Waals surface area contributed by atoms with Gasteiger partial charge in [0.05, 0.1) is 11.5 Å². The number of hydrogen-bond donors (Lipinski definition) is 2. The predicted octanol–water partition coefficient (Wildman–Crippen LogP) is -0.175. The van der Waals surface area contributed by atoms with Crippen LogP contribution in [-0.2, 0) is 19.6 Å². The standard InChI is InChI=1S/C11H12N2O5S/c1-18-6-8(11(14)15)12-10-7-4-2-3-5-9(7)19(16,17)13-10/h2-5,8H,6H2,1H3,(H,12,13)(H,14,15). The molecule has 0 aromatic heterocycles. The molecule has 0 saturated carbocycles. The highest BCUT2D eigenvalue weighted by atomic mass is 32.2. The Balaban J connectivity index is 2.46. The molecule has 0 bridgehead atoms. The SMILES string of the molecule is COCC(N=C1NS(=O)(=O)c2ccccc21)C(=O)O. The van der Waals surface area contributed by atoms with Crippen molar-refractivity contribution in [3.8, 4) is 0 Å². The van der Waals surface area contributed by atoms with E-state index in [0.29, 0.717) is 5.56 Å². The van der Waals surface area contributed by atoms with Gasteiger partial charge in [-0.15, -0.1) is 0 Å². The molecule has 1 atom stereocenters. The first kappa shape index (κ1) is 13.5. The second-order valence-electron chi connectivity index (χ2n) is 3.89. The molecule has 2 rings (SSSR count). The summed E-state index contributed by atoms with van der Waals surface area (Å²) in [6.45, 7) is -0.136. The molecule has 1 heterocycles. The van der Waals surface area contributed by atoms with E-state index in [-0.39, 0.29) is 17.3 Å². The first-order valence-corrected chi connectivity index (χ1v) is 6.86. The summed E-state index contributed by atoms with van der Waals surface area (Å²) in [5.41, 5.74) is 0.366. The maximum Gasteiger partial charge on any atom is 0.330 e. The first-order chi connectivity index (χ1) is 8.95. The van der Waals surface area contributed by atoms with Crippen LogP contribution in [0.3, 0.4) is 0 Å². The number of carbonyl (C=O) groups is 1. The molecule has 19 heavy (non-hydrogen) atoms. The van der Waals surface area contributed by atoms with Crippen LogP contribution in [0.15, 0.2) is 34.2 Å². The van der Waals surface area contributed by atoms with E-state index in [9.17, 15) is 13.2 Å². The van der Waals surface area contributed by atoms with Gasteiger partial charge >= 0.3 is 5.97 Å². The van der Waals surface area contributed by atoms with Crippen LogP contribution < -0.4 is 4.72 Å². The molecule has 8 heteroatoms. The lowest BCUT2D eigenvalue weighted by molar-refractivity contribution is -0.139. The topological polar surface area (TPSA) is 105 Å². The lowest BCUT2D eigenvalue weighted by atomic mass is 10.2. The van der Waals surface area contributed by atoms with Crippen LogP contribution >= 0.6 is 0 Å². The van der Waals surface area contributed by atoms with E-state index >= 15 is 0 Å². The molecule has 2 N–H and O–H groups in total. The van der Waals surface area contributed by atoms with Gasteiger partial charge in [-0.2, -0.15) is 0 Å². The average molecular weight is 284 g/mol. The number of nitrogens with one attached hydrogen (secondary N) is 1. The van der Waals surface area contributed by atoms with Crippen LogP contribution in [0.2, 0.25) is 0 Å². The van der Waals surface area contributed by atoms with Gasteiger partial charge in [0.15, 0.2) is 6.04 Å². The van der Waals surface area contributed by atoms with Gasteiger partial charge in [0.25, 0.3) is 10.0 Å². The van der Waals surface area contributed by atoms with E-state index in [4.69, 9.17) is 9.84 Å². The molecule has 1 unspecified atom stereocenters. The number of nitrogens with zero attached hydrogens (tertiary/aromatic N) is 1. The summed E-state index contributed by atoms with van der Waals surface area (Å²) in [6.07, 6.45) is 0. The molecule has 0 radical (unpaired) electrons. The monoisotopic (exact) mass is 284 g/mol. The minimum Gasteiger partial charge on any atom is -0.480 e. The van der Waals surface area contributed by atoms with Crippen molar-refractivity contribution in [3.05, 3.63) is 29.8 Å². The Labute approximate surface area is 110 Å². The van der Waals surface area contributed by atoms with E-state index in [1.165, 1.54) is 13.2 Å². The summed E-state index contributed by atoms with van der Waals surface area (Å²) >= 11 is 0. The molecule has 0 fully saturated rings. The number of amidine groups is 1. The Kier molecular flexibility index (Phi) is 3.54. The molecule has 0 amide bonds. The van der Waals surface area contributed by atoms with Gasteiger partial charge in [0.2, 0.25) is 0 Å². The highest BCUT2D eigenvalue weighted by Crippen LogP contribution is 2.22. The number of hydrogen-bond acceptors (Lipinski definition) is 5. The number of carboxylic acids is 1. The van der Waals surface area contributed by atoms with Crippen LogP contribution in [0.5, 0.6) is 0 Å². The molecule has 7 nitrogen and oxygen atoms in total. The molecule has 0 spiro atoms. The van der Waals surface area contributed by atoms with Crippen molar-refractivity contribution in [2.45, 2.75) is 10.9 Å². The highest BCUT2D eigenvalue weighted by molar-refractivity contribution is 7.90. The largest absolute Gasteiger partial charge is 0.480 e. The van der Waals surface area contributed by atoms with Crippen LogP contribution in [0, 0.1) is 0 Å². The van der Waals surface area contributed by atoms with Gasteiger partial charge in [-0.3, -0.25) is 4.72 Å². The molecule has 102 valence electrons. The summed E-state index contributed by atoms with van der Waals surface area (Å²) < 4.78 is 30.6. The first-order valence-electron chi connectivity index (χ1n) is 5.37. The predicted molar refractivity (Wildman–Crippen MR) is 66.6 cm³/mol. The van der Waals surface area contributed by atoms with Gasteiger partial charge < -0.3 is 9.84 Å². The number of carboxylic acid groups (broad SMARTS) is 1. The fourth-order valence-corrected chi connectivity index (χ4v) is 2.95. The Morgan fingerprint density at radius 3 is 2.79 bits per heavy atom. The van der Waals surface area contributed by atoms with Crippen molar-refractivity contribution in [1.29, 1.82) is 0 Å². The molecule has 1 aromatic carbocycles. The molecule has 0 saturated heterocycles. The summed E-state index contributed by atoms with van der Waals surface area (Å²) in [6, 6.07) is 5.09. The molecule has 0 aliphatic carbocycles. The number of aliphatic carboxylic acids is 1. The van der Waals surface area contributed by atoms with Gasteiger partial charge in [0, 0.05) is 12.7 Å². The van der Waals surface area contributed by atoms with Gasteiger partial charge in [-0.1, -0.05) is 12.1 Å². The van der Waals surface area contributed by atoms with Crippen molar-refractivity contribution in [2.75, 3.05) is 13.7 Å². The number of benzene rings is 1. The second-order valence-corrected chi connectivity index (χ2v) is 5.54. The summed E-state index contributed by atoms with van der Waals surface area (Å²) in [7, 11) is -2.31. The minimum atomic E-state index is -3.66. The summed E-state index contributed by atoms with van der Waals surface area (Å²) in [5, 5.41) is 8.98. The fourth-order valence-electron chi connectivity index (χ4n) is 1.71. The third-order valence-corrected chi connectivity index (χ3v) is 3.95. The Morgan fingerprint density at radius 1 is 1.47 bits per heavy atom. The molecule has 1 aliphatic heterocycles. The minimum absolute atomic E-state index is 0.0278. The smallest absolute Gasteiger partial charge is 0.330 e.